The number of fused-ring (bicyclic) bond motifs is 1. The second-order valence-electron chi connectivity index (χ2n) is 6.45. The third-order valence-electron chi connectivity index (χ3n) is 4.49. The van der Waals surface area contributed by atoms with E-state index in [0.29, 0.717) is 16.6 Å². The van der Waals surface area contributed by atoms with Gasteiger partial charge in [0.15, 0.2) is 11.0 Å². The maximum atomic E-state index is 13.4. The van der Waals surface area contributed by atoms with Crippen LogP contribution < -0.4 is 4.90 Å². The maximum absolute atomic E-state index is 13.4. The normalized spacial score (nSPS) is 11.1. The number of hydrogen-bond acceptors (Lipinski definition) is 6. The molecule has 0 N–H and O–H groups in total. The van der Waals surface area contributed by atoms with Crippen LogP contribution in [0.3, 0.4) is 0 Å². The average molecular weight is 436 g/mol. The van der Waals surface area contributed by atoms with Crippen LogP contribution in [-0.4, -0.2) is 32.7 Å². The second-order valence-corrected chi connectivity index (χ2v) is 8.41. The number of carbonyl (C=O) groups is 1. The lowest BCUT2D eigenvalue weighted by Gasteiger charge is -2.10. The van der Waals surface area contributed by atoms with Crippen molar-refractivity contribution in [1.29, 1.82) is 0 Å². The SMILES string of the molecule is CN(C(=O)c1nc(-c2cccs2)n(-c2ccc(F)cc2)n1)c1nc2ccccc2s1. The van der Waals surface area contributed by atoms with Crippen LogP contribution in [0.5, 0.6) is 0 Å². The number of benzene rings is 2. The number of rotatable bonds is 4. The molecule has 0 unspecified atom stereocenters. The van der Waals surface area contributed by atoms with Crippen LogP contribution in [-0.2, 0) is 0 Å². The van der Waals surface area contributed by atoms with Crippen molar-refractivity contribution in [3.63, 3.8) is 0 Å². The van der Waals surface area contributed by atoms with Crippen molar-refractivity contribution in [3.05, 3.63) is 77.7 Å². The summed E-state index contributed by atoms with van der Waals surface area (Å²) in [5.41, 5.74) is 1.45. The molecule has 5 aromatic rings. The van der Waals surface area contributed by atoms with E-state index in [1.807, 2.05) is 41.8 Å². The fourth-order valence-electron chi connectivity index (χ4n) is 2.97. The third kappa shape index (κ3) is 3.27. The van der Waals surface area contributed by atoms with Crippen LogP contribution in [0.15, 0.2) is 66.0 Å². The van der Waals surface area contributed by atoms with Crippen LogP contribution in [0.2, 0.25) is 0 Å². The molecule has 0 spiro atoms. The molecule has 9 heteroatoms. The van der Waals surface area contributed by atoms with E-state index in [9.17, 15) is 9.18 Å². The van der Waals surface area contributed by atoms with E-state index in [2.05, 4.69) is 15.1 Å². The van der Waals surface area contributed by atoms with Gasteiger partial charge in [0.25, 0.3) is 5.91 Å². The van der Waals surface area contributed by atoms with Crippen LogP contribution in [0, 0.1) is 5.82 Å². The fraction of sp³-hybridized carbons (Fsp3) is 0.0476. The Morgan fingerprint density at radius 3 is 2.57 bits per heavy atom. The summed E-state index contributed by atoms with van der Waals surface area (Å²) in [7, 11) is 1.66. The molecular formula is C21H14FN5OS2. The first-order valence-electron chi connectivity index (χ1n) is 9.00. The highest BCUT2D eigenvalue weighted by Crippen LogP contribution is 2.30. The van der Waals surface area contributed by atoms with Gasteiger partial charge in [-0.05, 0) is 47.8 Å². The topological polar surface area (TPSA) is 63.9 Å². The van der Waals surface area contributed by atoms with Gasteiger partial charge in [0.2, 0.25) is 5.82 Å². The largest absolute Gasteiger partial charge is 0.299 e. The summed E-state index contributed by atoms with van der Waals surface area (Å²) in [6, 6.07) is 17.4. The lowest BCUT2D eigenvalue weighted by atomic mass is 10.3. The van der Waals surface area contributed by atoms with Crippen LogP contribution in [0.1, 0.15) is 10.6 Å². The first-order valence-corrected chi connectivity index (χ1v) is 10.7. The molecule has 30 heavy (non-hydrogen) atoms. The maximum Gasteiger partial charge on any atom is 0.299 e. The molecule has 148 valence electrons. The van der Waals surface area contributed by atoms with Gasteiger partial charge >= 0.3 is 0 Å². The lowest BCUT2D eigenvalue weighted by molar-refractivity contribution is 0.0983. The number of nitrogens with zero attached hydrogens (tertiary/aromatic N) is 5. The monoisotopic (exact) mass is 435 g/mol. The number of carbonyl (C=O) groups excluding carboxylic acids is 1. The van der Waals surface area contributed by atoms with Crippen molar-refractivity contribution in [2.24, 2.45) is 0 Å². The van der Waals surface area contributed by atoms with E-state index in [1.54, 1.807) is 23.9 Å². The van der Waals surface area contributed by atoms with Gasteiger partial charge < -0.3 is 0 Å². The zero-order valence-corrected chi connectivity index (χ0v) is 17.3. The molecule has 0 aliphatic rings. The highest BCUT2D eigenvalue weighted by atomic mass is 32.1. The van der Waals surface area contributed by atoms with Crippen LogP contribution in [0.25, 0.3) is 26.6 Å². The molecule has 5 rings (SSSR count). The predicted molar refractivity (Wildman–Crippen MR) is 117 cm³/mol. The molecule has 2 aromatic carbocycles. The minimum atomic E-state index is -0.368. The molecule has 3 heterocycles. The van der Waals surface area contributed by atoms with Crippen molar-refractivity contribution in [2.75, 3.05) is 11.9 Å². The van der Waals surface area contributed by atoms with Gasteiger partial charge in [-0.15, -0.1) is 16.4 Å². The van der Waals surface area contributed by atoms with Gasteiger partial charge in [0.1, 0.15) is 5.82 Å². The average Bonchev–Trinajstić information content (AvgIpc) is 3.51. The quantitative estimate of drug-likeness (QED) is 0.398. The number of hydrogen-bond donors (Lipinski definition) is 0. The highest BCUT2D eigenvalue weighted by molar-refractivity contribution is 7.22. The number of aromatic nitrogens is 4. The predicted octanol–water partition coefficient (Wildman–Crippen LogP) is 5.02. The van der Waals surface area contributed by atoms with Crippen molar-refractivity contribution in [3.8, 4) is 16.4 Å². The molecule has 0 bridgehead atoms. The van der Waals surface area contributed by atoms with Gasteiger partial charge in [-0.1, -0.05) is 29.5 Å². The number of thiazole rings is 1. The number of amides is 1. The summed E-state index contributed by atoms with van der Waals surface area (Å²) in [6.45, 7) is 0. The Hall–Kier alpha value is -3.43. The van der Waals surface area contributed by atoms with E-state index < -0.39 is 0 Å². The Kier molecular flexibility index (Phi) is 4.61. The molecule has 0 aliphatic heterocycles. The van der Waals surface area contributed by atoms with Crippen LogP contribution >= 0.6 is 22.7 Å². The minimum Gasteiger partial charge on any atom is -0.284 e. The Bertz CT molecular complexity index is 1310. The molecule has 0 radical (unpaired) electrons. The minimum absolute atomic E-state index is 0.0458. The standard InChI is InChI=1S/C21H14FN5OS2/c1-26(21-23-15-5-2-3-6-16(15)30-21)20(28)18-24-19(17-7-4-12-29-17)27(25-18)14-10-8-13(22)9-11-14/h2-12H,1H3. The molecule has 3 aromatic heterocycles. The molecule has 0 atom stereocenters. The van der Waals surface area contributed by atoms with E-state index in [-0.39, 0.29) is 17.5 Å². The van der Waals surface area contributed by atoms with Gasteiger partial charge in [-0.2, -0.15) is 0 Å². The van der Waals surface area contributed by atoms with E-state index in [4.69, 9.17) is 0 Å². The summed E-state index contributed by atoms with van der Waals surface area (Å²) in [6.07, 6.45) is 0. The summed E-state index contributed by atoms with van der Waals surface area (Å²) in [5, 5.41) is 6.93. The molecule has 0 saturated heterocycles. The smallest absolute Gasteiger partial charge is 0.284 e. The number of para-hydroxylation sites is 1. The zero-order chi connectivity index (χ0) is 20.7. The second kappa shape index (κ2) is 7.43. The van der Waals surface area contributed by atoms with Gasteiger partial charge in [0, 0.05) is 7.05 Å². The molecule has 0 fully saturated rings. The Labute approximate surface area is 178 Å². The first-order chi connectivity index (χ1) is 14.6. The number of halogens is 1. The van der Waals surface area contributed by atoms with E-state index in [0.717, 1.165) is 15.1 Å². The van der Waals surface area contributed by atoms with Gasteiger partial charge in [0.05, 0.1) is 20.8 Å². The molecule has 0 saturated carbocycles. The van der Waals surface area contributed by atoms with Crippen LogP contribution in [0.4, 0.5) is 9.52 Å². The lowest BCUT2D eigenvalue weighted by Crippen LogP contribution is -2.27. The molecule has 0 aliphatic carbocycles. The third-order valence-corrected chi connectivity index (χ3v) is 6.46. The molecule has 6 nitrogen and oxygen atoms in total. The fourth-order valence-corrected chi connectivity index (χ4v) is 4.59. The Morgan fingerprint density at radius 2 is 1.83 bits per heavy atom. The summed E-state index contributed by atoms with van der Waals surface area (Å²) < 4.78 is 15.9. The number of thiophene rings is 1. The van der Waals surface area contributed by atoms with Crippen molar-refractivity contribution in [1.82, 2.24) is 19.7 Å². The van der Waals surface area contributed by atoms with Crippen molar-refractivity contribution in [2.45, 2.75) is 0 Å². The Morgan fingerprint density at radius 1 is 1.03 bits per heavy atom. The summed E-state index contributed by atoms with van der Waals surface area (Å²) >= 11 is 2.92. The van der Waals surface area contributed by atoms with Gasteiger partial charge in [-0.3, -0.25) is 9.69 Å². The summed E-state index contributed by atoms with van der Waals surface area (Å²) in [4.78, 5) is 24.5. The van der Waals surface area contributed by atoms with Gasteiger partial charge in [-0.25, -0.2) is 19.0 Å². The highest BCUT2D eigenvalue weighted by Gasteiger charge is 2.24. The zero-order valence-electron chi connectivity index (χ0n) is 15.7. The molecule has 1 amide bonds. The van der Waals surface area contributed by atoms with Crippen molar-refractivity contribution < 1.29 is 9.18 Å². The molecular weight excluding hydrogens is 421 g/mol. The number of anilines is 1. The summed E-state index contributed by atoms with van der Waals surface area (Å²) in [5.74, 6) is -0.140. The van der Waals surface area contributed by atoms with E-state index >= 15 is 0 Å². The first kappa shape index (κ1) is 18.6. The Balaban J connectivity index is 1.55. The van der Waals surface area contributed by atoms with E-state index in [1.165, 1.54) is 39.7 Å². The van der Waals surface area contributed by atoms with Crippen molar-refractivity contribution >= 4 is 43.9 Å².